The minimum Gasteiger partial charge on any atom is -0.359 e. The molecule has 7 heteroatoms. The number of benzene rings is 2. The second kappa shape index (κ2) is 6.50. The monoisotopic (exact) mass is 359 g/mol. The molecule has 1 aliphatic rings. The molecule has 1 aliphatic heterocycles. The Labute approximate surface area is 147 Å². The molecule has 0 radical (unpaired) electrons. The van der Waals surface area contributed by atoms with Crippen molar-refractivity contribution in [3.05, 3.63) is 53.6 Å². The van der Waals surface area contributed by atoms with E-state index in [0.29, 0.717) is 6.42 Å². The van der Waals surface area contributed by atoms with E-state index in [1.807, 2.05) is 43.0 Å². The van der Waals surface area contributed by atoms with Crippen LogP contribution in [0, 0.1) is 6.92 Å². The third kappa shape index (κ3) is 3.67. The van der Waals surface area contributed by atoms with Gasteiger partial charge in [-0.3, -0.25) is 4.79 Å². The molecule has 0 fully saturated rings. The number of sulfonamides is 1. The summed E-state index contributed by atoms with van der Waals surface area (Å²) in [6.07, 6.45) is 0.677. The van der Waals surface area contributed by atoms with Crippen LogP contribution in [0.15, 0.2) is 47.4 Å². The summed E-state index contributed by atoms with van der Waals surface area (Å²) in [6.45, 7) is 4.16. The summed E-state index contributed by atoms with van der Waals surface area (Å²) < 4.78 is 23.0. The van der Waals surface area contributed by atoms with Gasteiger partial charge in [-0.1, -0.05) is 18.2 Å². The molecule has 1 unspecified atom stereocenters. The summed E-state index contributed by atoms with van der Waals surface area (Å²) in [5.41, 5.74) is 3.57. The Balaban J connectivity index is 1.78. The number of carbonyl (C=O) groups excluding carboxylic acids is 1. The van der Waals surface area contributed by atoms with Gasteiger partial charge in [-0.05, 0) is 55.7 Å². The SMILES string of the molecule is Cc1ccccc1NC(=O)CN1c2ccc(S(N)(=O)=O)cc2CC1C. The molecule has 3 rings (SSSR count). The Morgan fingerprint density at radius 2 is 2.00 bits per heavy atom. The Morgan fingerprint density at radius 1 is 1.28 bits per heavy atom. The molecule has 2 aromatic carbocycles. The van der Waals surface area contributed by atoms with E-state index < -0.39 is 10.0 Å². The van der Waals surface area contributed by atoms with Gasteiger partial charge >= 0.3 is 0 Å². The second-order valence-electron chi connectivity index (χ2n) is 6.38. The molecule has 1 amide bonds. The van der Waals surface area contributed by atoms with E-state index in [9.17, 15) is 13.2 Å². The number of para-hydroxylation sites is 1. The van der Waals surface area contributed by atoms with Crippen LogP contribution in [0.3, 0.4) is 0 Å². The third-order valence-electron chi connectivity index (χ3n) is 4.47. The average Bonchev–Trinajstić information content (AvgIpc) is 2.84. The van der Waals surface area contributed by atoms with Crippen LogP contribution in [0.1, 0.15) is 18.1 Å². The molecule has 0 saturated carbocycles. The molecule has 0 saturated heterocycles. The van der Waals surface area contributed by atoms with Crippen molar-refractivity contribution >= 4 is 27.3 Å². The Kier molecular flexibility index (Phi) is 4.53. The Bertz CT molecular complexity index is 925. The van der Waals surface area contributed by atoms with Crippen LogP contribution in [0.4, 0.5) is 11.4 Å². The van der Waals surface area contributed by atoms with E-state index in [1.165, 1.54) is 6.07 Å². The smallest absolute Gasteiger partial charge is 0.243 e. The standard InChI is InChI=1S/C18H21N3O3S/c1-12-5-3-4-6-16(12)20-18(22)11-21-13(2)9-14-10-15(25(19,23)24)7-8-17(14)21/h3-8,10,13H,9,11H2,1-2H3,(H,20,22)(H2,19,23,24). The molecule has 1 atom stereocenters. The molecule has 0 bridgehead atoms. The van der Waals surface area contributed by atoms with Crippen LogP contribution in [0.5, 0.6) is 0 Å². The summed E-state index contributed by atoms with van der Waals surface area (Å²) in [4.78, 5) is 14.5. The molecule has 2 aromatic rings. The highest BCUT2D eigenvalue weighted by molar-refractivity contribution is 7.89. The van der Waals surface area contributed by atoms with Gasteiger partial charge in [0.25, 0.3) is 0 Å². The lowest BCUT2D eigenvalue weighted by Crippen LogP contribution is -2.37. The molecular formula is C18H21N3O3S. The van der Waals surface area contributed by atoms with Crippen molar-refractivity contribution in [1.29, 1.82) is 0 Å². The fourth-order valence-electron chi connectivity index (χ4n) is 3.15. The summed E-state index contributed by atoms with van der Waals surface area (Å²) >= 11 is 0. The van der Waals surface area contributed by atoms with Gasteiger partial charge in [0.15, 0.2) is 0 Å². The van der Waals surface area contributed by atoms with Crippen LogP contribution >= 0.6 is 0 Å². The number of rotatable bonds is 4. The highest BCUT2D eigenvalue weighted by Crippen LogP contribution is 2.33. The highest BCUT2D eigenvalue weighted by Gasteiger charge is 2.28. The van der Waals surface area contributed by atoms with Gasteiger partial charge in [-0.2, -0.15) is 0 Å². The van der Waals surface area contributed by atoms with E-state index in [4.69, 9.17) is 5.14 Å². The largest absolute Gasteiger partial charge is 0.359 e. The van der Waals surface area contributed by atoms with Crippen LogP contribution in [0.2, 0.25) is 0 Å². The van der Waals surface area contributed by atoms with Gasteiger partial charge in [0.1, 0.15) is 0 Å². The minimum atomic E-state index is -3.73. The van der Waals surface area contributed by atoms with Gasteiger partial charge < -0.3 is 10.2 Å². The molecule has 6 nitrogen and oxygen atoms in total. The van der Waals surface area contributed by atoms with Crippen LogP contribution in [0.25, 0.3) is 0 Å². The zero-order chi connectivity index (χ0) is 18.2. The number of carbonyl (C=O) groups is 1. The van der Waals surface area contributed by atoms with E-state index in [2.05, 4.69) is 5.32 Å². The van der Waals surface area contributed by atoms with E-state index in [-0.39, 0.29) is 23.4 Å². The topological polar surface area (TPSA) is 92.5 Å². The Morgan fingerprint density at radius 3 is 2.68 bits per heavy atom. The van der Waals surface area contributed by atoms with E-state index in [0.717, 1.165) is 22.5 Å². The van der Waals surface area contributed by atoms with Gasteiger partial charge in [0.05, 0.1) is 11.4 Å². The molecule has 0 aromatic heterocycles. The second-order valence-corrected chi connectivity index (χ2v) is 7.94. The number of nitrogens with one attached hydrogen (secondary N) is 1. The molecule has 132 valence electrons. The summed E-state index contributed by atoms with van der Waals surface area (Å²) in [5.74, 6) is -0.107. The highest BCUT2D eigenvalue weighted by atomic mass is 32.2. The first-order valence-electron chi connectivity index (χ1n) is 8.03. The number of anilines is 2. The predicted octanol–water partition coefficient (Wildman–Crippen LogP) is 2.03. The first kappa shape index (κ1) is 17.4. The van der Waals surface area contributed by atoms with Crippen molar-refractivity contribution in [2.75, 3.05) is 16.8 Å². The van der Waals surface area contributed by atoms with Gasteiger partial charge in [-0.25, -0.2) is 13.6 Å². The maximum Gasteiger partial charge on any atom is 0.243 e. The maximum absolute atomic E-state index is 12.4. The fourth-order valence-corrected chi connectivity index (χ4v) is 3.71. The summed E-state index contributed by atoms with van der Waals surface area (Å²) in [5, 5.41) is 8.12. The quantitative estimate of drug-likeness (QED) is 0.874. The normalized spacial score (nSPS) is 16.6. The number of primary sulfonamides is 1. The Hall–Kier alpha value is -2.38. The van der Waals surface area contributed by atoms with Crippen molar-refractivity contribution in [2.24, 2.45) is 5.14 Å². The van der Waals surface area contributed by atoms with Crippen molar-refractivity contribution in [1.82, 2.24) is 0 Å². The lowest BCUT2D eigenvalue weighted by atomic mass is 10.1. The number of hydrogen-bond donors (Lipinski definition) is 2. The molecule has 1 heterocycles. The number of hydrogen-bond acceptors (Lipinski definition) is 4. The van der Waals surface area contributed by atoms with Crippen molar-refractivity contribution in [3.63, 3.8) is 0 Å². The fraction of sp³-hybridized carbons (Fsp3) is 0.278. The number of nitrogens with zero attached hydrogens (tertiary/aromatic N) is 1. The molecule has 0 spiro atoms. The van der Waals surface area contributed by atoms with Crippen LogP contribution in [-0.2, 0) is 21.2 Å². The van der Waals surface area contributed by atoms with Crippen molar-refractivity contribution < 1.29 is 13.2 Å². The number of fused-ring (bicyclic) bond motifs is 1. The zero-order valence-electron chi connectivity index (χ0n) is 14.2. The molecule has 3 N–H and O–H groups in total. The maximum atomic E-state index is 12.4. The van der Waals surface area contributed by atoms with Gasteiger partial charge in [0.2, 0.25) is 15.9 Å². The molecule has 0 aliphatic carbocycles. The summed E-state index contributed by atoms with van der Waals surface area (Å²) in [6, 6.07) is 12.5. The van der Waals surface area contributed by atoms with Crippen LogP contribution in [-0.4, -0.2) is 26.9 Å². The van der Waals surface area contributed by atoms with Crippen LogP contribution < -0.4 is 15.4 Å². The number of aryl methyl sites for hydroxylation is 1. The van der Waals surface area contributed by atoms with Gasteiger partial charge in [-0.15, -0.1) is 0 Å². The predicted molar refractivity (Wildman–Crippen MR) is 98.1 cm³/mol. The summed E-state index contributed by atoms with van der Waals surface area (Å²) in [7, 11) is -3.73. The minimum absolute atomic E-state index is 0.102. The van der Waals surface area contributed by atoms with E-state index in [1.54, 1.807) is 12.1 Å². The van der Waals surface area contributed by atoms with Gasteiger partial charge in [0, 0.05) is 17.4 Å². The lowest BCUT2D eigenvalue weighted by molar-refractivity contribution is -0.115. The third-order valence-corrected chi connectivity index (χ3v) is 5.38. The lowest BCUT2D eigenvalue weighted by Gasteiger charge is -2.24. The first-order chi connectivity index (χ1) is 11.8. The number of amides is 1. The average molecular weight is 359 g/mol. The number of nitrogens with two attached hydrogens (primary N) is 1. The molecular weight excluding hydrogens is 338 g/mol. The van der Waals surface area contributed by atoms with Crippen molar-refractivity contribution in [3.8, 4) is 0 Å². The molecule has 25 heavy (non-hydrogen) atoms. The van der Waals surface area contributed by atoms with E-state index >= 15 is 0 Å². The van der Waals surface area contributed by atoms with Crippen molar-refractivity contribution in [2.45, 2.75) is 31.2 Å². The zero-order valence-corrected chi connectivity index (χ0v) is 15.0. The first-order valence-corrected chi connectivity index (χ1v) is 9.58.